The van der Waals surface area contributed by atoms with Gasteiger partial charge in [0.15, 0.2) is 6.39 Å². The average molecular weight is 320 g/mol. The number of carbonyl (C=O) groups is 2. The van der Waals surface area contributed by atoms with Crippen LogP contribution in [0.5, 0.6) is 0 Å². The third-order valence-electron chi connectivity index (χ3n) is 2.87. The molecule has 0 aliphatic heterocycles. The summed E-state index contributed by atoms with van der Waals surface area (Å²) in [6.45, 7) is 1.70. The molecule has 1 amide bonds. The summed E-state index contributed by atoms with van der Waals surface area (Å²) in [4.78, 5) is 26.4. The zero-order chi connectivity index (χ0) is 15.9. The van der Waals surface area contributed by atoms with Gasteiger partial charge >= 0.3 is 5.97 Å². The van der Waals surface area contributed by atoms with Crippen LogP contribution in [0.25, 0.3) is 0 Å². The highest BCUT2D eigenvalue weighted by molar-refractivity contribution is 7.98. The van der Waals surface area contributed by atoms with Crippen LogP contribution in [0.2, 0.25) is 0 Å². The number of rotatable bonds is 7. The number of nitrogens with zero attached hydrogens (tertiary/aromatic N) is 1. The van der Waals surface area contributed by atoms with Gasteiger partial charge in [-0.05, 0) is 24.6 Å². The van der Waals surface area contributed by atoms with Crippen molar-refractivity contribution in [2.75, 3.05) is 11.1 Å². The zero-order valence-corrected chi connectivity index (χ0v) is 12.9. The Kier molecular flexibility index (Phi) is 5.60. The lowest BCUT2D eigenvalue weighted by Gasteiger charge is -2.06. The van der Waals surface area contributed by atoms with E-state index in [1.807, 2.05) is 18.2 Å². The van der Waals surface area contributed by atoms with E-state index in [0.29, 0.717) is 22.9 Å². The molecule has 0 bridgehead atoms. The molecule has 0 saturated heterocycles. The molecule has 7 heteroatoms. The number of benzene rings is 1. The van der Waals surface area contributed by atoms with Gasteiger partial charge in [-0.2, -0.15) is 11.8 Å². The summed E-state index contributed by atoms with van der Waals surface area (Å²) in [6.07, 6.45) is 1.38. The van der Waals surface area contributed by atoms with Crippen LogP contribution in [0.15, 0.2) is 35.1 Å². The van der Waals surface area contributed by atoms with Gasteiger partial charge in [0.1, 0.15) is 0 Å². The van der Waals surface area contributed by atoms with E-state index in [2.05, 4.69) is 10.3 Å². The Morgan fingerprint density at radius 3 is 2.91 bits per heavy atom. The molecule has 22 heavy (non-hydrogen) atoms. The van der Waals surface area contributed by atoms with Crippen LogP contribution in [-0.2, 0) is 10.5 Å². The lowest BCUT2D eigenvalue weighted by atomic mass is 10.2. The minimum atomic E-state index is -0.795. The van der Waals surface area contributed by atoms with Gasteiger partial charge in [-0.1, -0.05) is 12.1 Å². The Morgan fingerprint density at radius 1 is 1.41 bits per heavy atom. The number of hydrogen-bond donors (Lipinski definition) is 2. The summed E-state index contributed by atoms with van der Waals surface area (Å²) in [5.41, 5.74) is 2.22. The molecule has 6 nitrogen and oxygen atoms in total. The molecule has 0 spiro atoms. The number of anilines is 1. The first-order chi connectivity index (χ1) is 10.6. The van der Waals surface area contributed by atoms with Crippen molar-refractivity contribution < 1.29 is 19.1 Å². The molecule has 1 aromatic carbocycles. The Hall–Kier alpha value is -2.28. The third-order valence-corrected chi connectivity index (χ3v) is 3.90. The lowest BCUT2D eigenvalue weighted by Crippen LogP contribution is -2.12. The maximum absolute atomic E-state index is 12.0. The van der Waals surface area contributed by atoms with Crippen molar-refractivity contribution in [3.05, 3.63) is 47.7 Å². The molecule has 0 atom stereocenters. The molecule has 1 heterocycles. The summed E-state index contributed by atoms with van der Waals surface area (Å²) in [7, 11) is 0. The zero-order valence-electron chi connectivity index (χ0n) is 12.0. The minimum absolute atomic E-state index is 0.145. The van der Waals surface area contributed by atoms with Gasteiger partial charge in [0.05, 0.1) is 12.1 Å². The normalized spacial score (nSPS) is 10.4. The second-order valence-corrected chi connectivity index (χ2v) is 5.72. The largest absolute Gasteiger partial charge is 0.481 e. The Balaban J connectivity index is 1.92. The third kappa shape index (κ3) is 4.63. The van der Waals surface area contributed by atoms with Crippen LogP contribution in [-0.4, -0.2) is 27.7 Å². The highest BCUT2D eigenvalue weighted by Crippen LogP contribution is 2.18. The van der Waals surface area contributed by atoms with Crippen molar-refractivity contribution >= 4 is 29.3 Å². The van der Waals surface area contributed by atoms with E-state index < -0.39 is 5.97 Å². The summed E-state index contributed by atoms with van der Waals surface area (Å²) < 4.78 is 5.05. The number of carbonyl (C=O) groups excluding carboxylic acids is 1. The molecule has 0 fully saturated rings. The van der Waals surface area contributed by atoms with Crippen molar-refractivity contribution in [3.8, 4) is 0 Å². The Bertz CT molecular complexity index is 669. The van der Waals surface area contributed by atoms with E-state index in [1.54, 1.807) is 24.8 Å². The smallest absolute Gasteiger partial charge is 0.304 e. The highest BCUT2D eigenvalue weighted by atomic mass is 32.2. The van der Waals surface area contributed by atoms with E-state index in [9.17, 15) is 9.59 Å². The second-order valence-electron chi connectivity index (χ2n) is 4.62. The molecule has 0 aliphatic carbocycles. The predicted octanol–water partition coefficient (Wildman–Crippen LogP) is 2.94. The van der Waals surface area contributed by atoms with Crippen LogP contribution in [0, 0.1) is 6.92 Å². The first-order valence-corrected chi connectivity index (χ1v) is 7.81. The number of nitrogens with one attached hydrogen (secondary N) is 1. The number of amides is 1. The van der Waals surface area contributed by atoms with Gasteiger partial charge in [-0.15, -0.1) is 0 Å². The van der Waals surface area contributed by atoms with E-state index >= 15 is 0 Å². The summed E-state index contributed by atoms with van der Waals surface area (Å²) in [5, 5.41) is 11.4. The lowest BCUT2D eigenvalue weighted by molar-refractivity contribution is -0.136. The first kappa shape index (κ1) is 16.1. The fourth-order valence-corrected chi connectivity index (χ4v) is 2.67. The number of aryl methyl sites for hydroxylation is 1. The molecule has 1 aromatic heterocycles. The number of carboxylic acid groups (broad SMARTS) is 1. The Labute approximate surface area is 131 Å². The van der Waals surface area contributed by atoms with E-state index in [4.69, 9.17) is 9.52 Å². The number of thioether (sulfide) groups is 1. The fraction of sp³-hybridized carbons (Fsp3) is 0.267. The fourth-order valence-electron chi connectivity index (χ4n) is 1.80. The van der Waals surface area contributed by atoms with Crippen molar-refractivity contribution in [3.63, 3.8) is 0 Å². The minimum Gasteiger partial charge on any atom is -0.481 e. The van der Waals surface area contributed by atoms with Gasteiger partial charge in [0.2, 0.25) is 5.76 Å². The number of hydrogen-bond acceptors (Lipinski definition) is 5. The van der Waals surface area contributed by atoms with Gasteiger partial charge in [0.25, 0.3) is 5.91 Å². The van der Waals surface area contributed by atoms with Crippen LogP contribution < -0.4 is 5.32 Å². The standard InChI is InChI=1S/C15H16N2O4S/c1-10-14(21-9-16-10)15(20)17-12-4-2-3-11(7-12)8-22-6-5-13(18)19/h2-4,7,9H,5-6,8H2,1H3,(H,17,20)(H,18,19). The van der Waals surface area contributed by atoms with Crippen LogP contribution in [0.4, 0.5) is 5.69 Å². The molecule has 0 radical (unpaired) electrons. The van der Waals surface area contributed by atoms with Crippen LogP contribution in [0.3, 0.4) is 0 Å². The summed E-state index contributed by atoms with van der Waals surface area (Å²) in [5.74, 6) is 0.310. The summed E-state index contributed by atoms with van der Waals surface area (Å²) in [6, 6.07) is 7.42. The second kappa shape index (κ2) is 7.65. The topological polar surface area (TPSA) is 92.4 Å². The summed E-state index contributed by atoms with van der Waals surface area (Å²) >= 11 is 1.54. The van der Waals surface area contributed by atoms with Crippen molar-refractivity contribution in [2.24, 2.45) is 0 Å². The van der Waals surface area contributed by atoms with Crippen molar-refractivity contribution in [1.82, 2.24) is 4.98 Å². The van der Waals surface area contributed by atoms with Gasteiger partial charge in [-0.25, -0.2) is 4.98 Å². The molecule has 0 unspecified atom stereocenters. The molecule has 116 valence electrons. The maximum Gasteiger partial charge on any atom is 0.304 e. The van der Waals surface area contributed by atoms with Crippen molar-refractivity contribution in [1.29, 1.82) is 0 Å². The molecule has 2 N–H and O–H groups in total. The van der Waals surface area contributed by atoms with Gasteiger partial charge in [-0.3, -0.25) is 9.59 Å². The first-order valence-electron chi connectivity index (χ1n) is 6.66. The number of aliphatic carboxylic acids is 1. The predicted molar refractivity (Wildman–Crippen MR) is 84.1 cm³/mol. The quantitative estimate of drug-likeness (QED) is 0.762. The molecule has 2 aromatic rings. The molecule has 0 aliphatic rings. The number of carboxylic acids is 1. The average Bonchev–Trinajstić information content (AvgIpc) is 2.90. The van der Waals surface area contributed by atoms with Crippen molar-refractivity contribution in [2.45, 2.75) is 19.1 Å². The van der Waals surface area contributed by atoms with Gasteiger partial charge < -0.3 is 14.8 Å². The van der Waals surface area contributed by atoms with Gasteiger partial charge in [0, 0.05) is 17.2 Å². The SMILES string of the molecule is Cc1ncoc1C(=O)Nc1cccc(CSCCC(=O)O)c1. The monoisotopic (exact) mass is 320 g/mol. The van der Waals surface area contributed by atoms with E-state index in [-0.39, 0.29) is 18.1 Å². The molecule has 0 saturated carbocycles. The number of oxazole rings is 1. The van der Waals surface area contributed by atoms with E-state index in [1.165, 1.54) is 6.39 Å². The molecule has 2 rings (SSSR count). The number of aromatic nitrogens is 1. The van der Waals surface area contributed by atoms with Crippen LogP contribution >= 0.6 is 11.8 Å². The maximum atomic E-state index is 12.0. The van der Waals surface area contributed by atoms with E-state index in [0.717, 1.165) is 5.56 Å². The molecular formula is C15H16N2O4S. The Morgan fingerprint density at radius 2 is 2.23 bits per heavy atom. The highest BCUT2D eigenvalue weighted by Gasteiger charge is 2.14. The van der Waals surface area contributed by atoms with Crippen LogP contribution in [0.1, 0.15) is 28.2 Å². The molecular weight excluding hydrogens is 304 g/mol.